The van der Waals surface area contributed by atoms with E-state index >= 15 is 0 Å². The maximum Gasteiger partial charge on any atom is 0.308 e. The van der Waals surface area contributed by atoms with E-state index in [1.807, 2.05) is 37.3 Å². The molecule has 0 aliphatic carbocycles. The largest absolute Gasteiger partial charge is 0.493 e. The molecule has 0 bridgehead atoms. The van der Waals surface area contributed by atoms with Gasteiger partial charge in [-0.25, -0.2) is 0 Å². The van der Waals surface area contributed by atoms with Crippen LogP contribution in [0.3, 0.4) is 0 Å². The number of carboxylic acids is 1. The van der Waals surface area contributed by atoms with Crippen molar-refractivity contribution in [3.8, 4) is 5.75 Å². The van der Waals surface area contributed by atoms with Gasteiger partial charge in [0.05, 0.1) is 18.9 Å². The van der Waals surface area contributed by atoms with Crippen LogP contribution in [0.1, 0.15) is 13.3 Å². The number of aliphatic carboxylic acids is 1. The van der Waals surface area contributed by atoms with Gasteiger partial charge in [-0.2, -0.15) is 0 Å². The molecule has 0 spiro atoms. The van der Waals surface area contributed by atoms with Gasteiger partial charge in [0.1, 0.15) is 5.75 Å². The van der Waals surface area contributed by atoms with Crippen LogP contribution in [-0.2, 0) is 9.59 Å². The molecule has 1 aromatic carbocycles. The first-order chi connectivity index (χ1) is 9.58. The number of hydrogen-bond donors (Lipinski definition) is 1. The molecule has 2 unspecified atom stereocenters. The molecule has 0 radical (unpaired) electrons. The summed E-state index contributed by atoms with van der Waals surface area (Å²) in [6.07, 6.45) is 0.272. The van der Waals surface area contributed by atoms with Crippen LogP contribution >= 0.6 is 0 Å². The molecule has 0 saturated carbocycles. The summed E-state index contributed by atoms with van der Waals surface area (Å²) in [5, 5.41) is 9.05. The Hall–Kier alpha value is -2.04. The lowest BCUT2D eigenvalue weighted by atomic mass is 9.99. The molecular weight excluding hydrogens is 258 g/mol. The van der Waals surface area contributed by atoms with Crippen molar-refractivity contribution in [3.63, 3.8) is 0 Å². The van der Waals surface area contributed by atoms with E-state index in [1.54, 1.807) is 4.90 Å². The second-order valence-corrected chi connectivity index (χ2v) is 5.13. The van der Waals surface area contributed by atoms with Crippen LogP contribution in [0.15, 0.2) is 30.3 Å². The number of carboxylic acid groups (broad SMARTS) is 1. The first-order valence-electron chi connectivity index (χ1n) is 6.76. The molecule has 5 nitrogen and oxygen atoms in total. The topological polar surface area (TPSA) is 66.8 Å². The molecule has 2 rings (SSSR count). The van der Waals surface area contributed by atoms with Crippen molar-refractivity contribution in [2.24, 2.45) is 11.8 Å². The number of benzene rings is 1. The Balaban J connectivity index is 1.77. The molecule has 1 heterocycles. The predicted octanol–water partition coefficient (Wildman–Crippen LogP) is 1.63. The number of carbonyl (C=O) groups excluding carboxylic acids is 1. The van der Waals surface area contributed by atoms with Crippen molar-refractivity contribution in [3.05, 3.63) is 30.3 Å². The van der Waals surface area contributed by atoms with Crippen molar-refractivity contribution in [2.75, 3.05) is 19.7 Å². The zero-order chi connectivity index (χ0) is 14.5. The molecule has 20 heavy (non-hydrogen) atoms. The minimum Gasteiger partial charge on any atom is -0.493 e. The molecular formula is C15H19NO4. The molecule has 1 aliphatic rings. The summed E-state index contributed by atoms with van der Waals surface area (Å²) in [7, 11) is 0. The lowest BCUT2D eigenvalue weighted by Gasteiger charge is -2.16. The Morgan fingerprint density at radius 2 is 2.00 bits per heavy atom. The fourth-order valence-corrected chi connectivity index (χ4v) is 2.42. The maximum absolute atomic E-state index is 12.0. The van der Waals surface area contributed by atoms with Gasteiger partial charge >= 0.3 is 5.97 Å². The highest BCUT2D eigenvalue weighted by Crippen LogP contribution is 2.23. The van der Waals surface area contributed by atoms with Crippen LogP contribution in [0, 0.1) is 11.8 Å². The van der Waals surface area contributed by atoms with E-state index in [0.717, 1.165) is 5.75 Å². The average Bonchev–Trinajstić information content (AvgIpc) is 2.82. The van der Waals surface area contributed by atoms with Crippen molar-refractivity contribution >= 4 is 11.9 Å². The van der Waals surface area contributed by atoms with Crippen LogP contribution < -0.4 is 4.74 Å². The minimum absolute atomic E-state index is 0.00601. The van der Waals surface area contributed by atoms with E-state index in [-0.39, 0.29) is 18.2 Å². The number of hydrogen-bond acceptors (Lipinski definition) is 3. The minimum atomic E-state index is -0.826. The van der Waals surface area contributed by atoms with Crippen LogP contribution in [0.25, 0.3) is 0 Å². The number of likely N-dealkylation sites (tertiary alicyclic amines) is 1. The summed E-state index contributed by atoms with van der Waals surface area (Å²) in [5.74, 6) is -0.580. The first-order valence-corrected chi connectivity index (χ1v) is 6.76. The quantitative estimate of drug-likeness (QED) is 0.888. The number of nitrogens with zero attached hydrogens (tertiary/aromatic N) is 1. The lowest BCUT2D eigenvalue weighted by molar-refractivity contribution is -0.142. The normalized spacial score (nSPS) is 21.8. The Morgan fingerprint density at radius 3 is 2.60 bits per heavy atom. The summed E-state index contributed by atoms with van der Waals surface area (Å²) in [5.41, 5.74) is 0. The second-order valence-electron chi connectivity index (χ2n) is 5.13. The van der Waals surface area contributed by atoms with Crippen LogP contribution in [-0.4, -0.2) is 41.6 Å². The number of amides is 1. The van der Waals surface area contributed by atoms with Gasteiger partial charge in [0.15, 0.2) is 0 Å². The Kier molecular flexibility index (Phi) is 4.61. The summed E-state index contributed by atoms with van der Waals surface area (Å²) in [6, 6.07) is 9.31. The van der Waals surface area contributed by atoms with E-state index < -0.39 is 11.9 Å². The third kappa shape index (κ3) is 3.50. The second kappa shape index (κ2) is 6.41. The number of rotatable bonds is 5. The van der Waals surface area contributed by atoms with Gasteiger partial charge in [0.2, 0.25) is 5.91 Å². The summed E-state index contributed by atoms with van der Waals surface area (Å²) < 4.78 is 5.47. The third-order valence-corrected chi connectivity index (χ3v) is 3.61. The van der Waals surface area contributed by atoms with Crippen LogP contribution in [0.2, 0.25) is 0 Å². The monoisotopic (exact) mass is 277 g/mol. The van der Waals surface area contributed by atoms with Crippen molar-refractivity contribution in [2.45, 2.75) is 13.3 Å². The standard InChI is InChI=1S/C15H19NO4/c1-11-9-16(10-13(11)15(18)19)14(17)7-8-20-12-5-3-2-4-6-12/h2-6,11,13H,7-10H2,1H3,(H,18,19). The highest BCUT2D eigenvalue weighted by molar-refractivity contribution is 5.79. The molecule has 0 aromatic heterocycles. The smallest absolute Gasteiger partial charge is 0.308 e. The zero-order valence-electron chi connectivity index (χ0n) is 11.5. The van der Waals surface area contributed by atoms with Crippen LogP contribution in [0.4, 0.5) is 0 Å². The van der Waals surface area contributed by atoms with E-state index in [4.69, 9.17) is 9.84 Å². The third-order valence-electron chi connectivity index (χ3n) is 3.61. The molecule has 1 fully saturated rings. The molecule has 1 N–H and O–H groups in total. The first kappa shape index (κ1) is 14.4. The van der Waals surface area contributed by atoms with Gasteiger partial charge in [-0.05, 0) is 18.1 Å². The van der Waals surface area contributed by atoms with Crippen molar-refractivity contribution in [1.29, 1.82) is 0 Å². The van der Waals surface area contributed by atoms with Crippen molar-refractivity contribution in [1.82, 2.24) is 4.90 Å². The number of para-hydroxylation sites is 1. The van der Waals surface area contributed by atoms with Gasteiger partial charge in [0.25, 0.3) is 0 Å². The summed E-state index contributed by atoms with van der Waals surface area (Å²) in [4.78, 5) is 24.6. The van der Waals surface area contributed by atoms with Gasteiger partial charge in [-0.1, -0.05) is 25.1 Å². The van der Waals surface area contributed by atoms with E-state index in [0.29, 0.717) is 19.7 Å². The molecule has 5 heteroatoms. The maximum atomic E-state index is 12.0. The number of carbonyl (C=O) groups is 2. The lowest BCUT2D eigenvalue weighted by Crippen LogP contribution is -2.30. The molecule has 1 aromatic rings. The molecule has 1 saturated heterocycles. The van der Waals surface area contributed by atoms with Gasteiger partial charge < -0.3 is 14.7 Å². The van der Waals surface area contributed by atoms with Gasteiger partial charge in [0, 0.05) is 13.1 Å². The molecule has 1 aliphatic heterocycles. The van der Waals surface area contributed by atoms with Crippen molar-refractivity contribution < 1.29 is 19.4 Å². The predicted molar refractivity (Wildman–Crippen MR) is 73.4 cm³/mol. The highest BCUT2D eigenvalue weighted by Gasteiger charge is 2.36. The summed E-state index contributed by atoms with van der Waals surface area (Å²) in [6.45, 7) is 3.00. The zero-order valence-corrected chi connectivity index (χ0v) is 11.5. The Morgan fingerprint density at radius 1 is 1.30 bits per heavy atom. The Bertz CT molecular complexity index is 474. The van der Waals surface area contributed by atoms with E-state index in [9.17, 15) is 9.59 Å². The Labute approximate surface area is 118 Å². The number of ether oxygens (including phenoxy) is 1. The summed E-state index contributed by atoms with van der Waals surface area (Å²) >= 11 is 0. The SMILES string of the molecule is CC1CN(C(=O)CCOc2ccccc2)CC1C(=O)O. The fraction of sp³-hybridized carbons (Fsp3) is 0.467. The molecule has 1 amide bonds. The molecule has 108 valence electrons. The van der Waals surface area contributed by atoms with E-state index in [2.05, 4.69) is 0 Å². The average molecular weight is 277 g/mol. The highest BCUT2D eigenvalue weighted by atomic mass is 16.5. The molecule has 2 atom stereocenters. The van der Waals surface area contributed by atoms with Gasteiger partial charge in [-0.15, -0.1) is 0 Å². The van der Waals surface area contributed by atoms with E-state index in [1.165, 1.54) is 0 Å². The van der Waals surface area contributed by atoms with Gasteiger partial charge in [-0.3, -0.25) is 9.59 Å². The van der Waals surface area contributed by atoms with Crippen LogP contribution in [0.5, 0.6) is 5.75 Å². The fourth-order valence-electron chi connectivity index (χ4n) is 2.42.